The molecule has 3 aromatic rings. The first-order valence-electron chi connectivity index (χ1n) is 11.0. The summed E-state index contributed by atoms with van der Waals surface area (Å²) >= 11 is 0. The molecule has 0 aliphatic rings. The Bertz CT molecular complexity index is 1060. The lowest BCUT2D eigenvalue weighted by Crippen LogP contribution is -2.24. The van der Waals surface area contributed by atoms with Gasteiger partial charge in [-0.25, -0.2) is 0 Å². The number of ether oxygens (including phenoxy) is 2. The number of carbonyl (C=O) groups is 2. The van der Waals surface area contributed by atoms with Gasteiger partial charge in [-0.1, -0.05) is 49.7 Å². The van der Waals surface area contributed by atoms with Crippen LogP contribution in [-0.2, 0) is 17.8 Å². The molecule has 0 aliphatic carbocycles. The largest absolute Gasteiger partial charge is 0.496 e. The topological polar surface area (TPSA) is 84.9 Å². The lowest BCUT2D eigenvalue weighted by molar-refractivity contribution is -0.141. The van der Waals surface area contributed by atoms with Crippen molar-refractivity contribution >= 4 is 11.9 Å². The fourth-order valence-corrected chi connectivity index (χ4v) is 3.58. The Kier molecular flexibility index (Phi) is 8.47. The van der Waals surface area contributed by atoms with E-state index in [0.29, 0.717) is 36.4 Å². The SMILES string of the molecule is CCCC(Cc1ccc(OC)c(C(=O)NCc2ccc(Oc3ccccc3)cc2)c1)C(=O)O. The summed E-state index contributed by atoms with van der Waals surface area (Å²) in [5.41, 5.74) is 2.11. The minimum atomic E-state index is -0.821. The number of carboxylic acids is 1. The summed E-state index contributed by atoms with van der Waals surface area (Å²) in [4.78, 5) is 24.4. The lowest BCUT2D eigenvalue weighted by atomic mass is 9.94. The summed E-state index contributed by atoms with van der Waals surface area (Å²) in [5.74, 6) is 0.348. The van der Waals surface area contributed by atoms with Gasteiger partial charge >= 0.3 is 5.97 Å². The molecule has 0 saturated heterocycles. The van der Waals surface area contributed by atoms with E-state index in [-0.39, 0.29) is 5.91 Å². The third-order valence-corrected chi connectivity index (χ3v) is 5.33. The average Bonchev–Trinajstić information content (AvgIpc) is 2.83. The number of hydrogen-bond donors (Lipinski definition) is 2. The number of rotatable bonds is 11. The maximum atomic E-state index is 12.9. The van der Waals surface area contributed by atoms with Crippen LogP contribution in [0, 0.1) is 5.92 Å². The summed E-state index contributed by atoms with van der Waals surface area (Å²) in [6, 6.07) is 22.3. The molecule has 1 amide bonds. The molecule has 3 aromatic carbocycles. The van der Waals surface area contributed by atoms with Crippen LogP contribution in [0.15, 0.2) is 72.8 Å². The van der Waals surface area contributed by atoms with E-state index in [2.05, 4.69) is 5.32 Å². The van der Waals surface area contributed by atoms with Gasteiger partial charge in [0.05, 0.1) is 18.6 Å². The predicted molar refractivity (Wildman–Crippen MR) is 127 cm³/mol. The smallest absolute Gasteiger partial charge is 0.306 e. The first-order valence-corrected chi connectivity index (χ1v) is 11.0. The standard InChI is InChI=1S/C27H29NO5/c1-3-7-21(27(30)31)16-20-12-15-25(32-2)24(17-20)26(29)28-18-19-10-13-23(14-11-19)33-22-8-5-4-6-9-22/h4-6,8-15,17,21H,3,7,16,18H2,1-2H3,(H,28,29)(H,30,31). The van der Waals surface area contributed by atoms with Crippen LogP contribution in [0.5, 0.6) is 17.2 Å². The van der Waals surface area contributed by atoms with Crippen molar-refractivity contribution < 1.29 is 24.2 Å². The number of hydrogen-bond acceptors (Lipinski definition) is 4. The second kappa shape index (κ2) is 11.7. The summed E-state index contributed by atoms with van der Waals surface area (Å²) < 4.78 is 11.1. The maximum Gasteiger partial charge on any atom is 0.306 e. The van der Waals surface area contributed by atoms with E-state index in [9.17, 15) is 14.7 Å². The molecular weight excluding hydrogens is 418 g/mol. The average molecular weight is 448 g/mol. The molecular formula is C27H29NO5. The van der Waals surface area contributed by atoms with Crippen molar-refractivity contribution in [2.45, 2.75) is 32.7 Å². The number of amides is 1. The van der Waals surface area contributed by atoms with Crippen molar-refractivity contribution in [3.8, 4) is 17.2 Å². The maximum absolute atomic E-state index is 12.9. The Morgan fingerprint density at radius 2 is 1.61 bits per heavy atom. The van der Waals surface area contributed by atoms with Crippen LogP contribution in [0.4, 0.5) is 0 Å². The summed E-state index contributed by atoms with van der Waals surface area (Å²) in [6.45, 7) is 2.30. The molecule has 0 bridgehead atoms. The van der Waals surface area contributed by atoms with Gasteiger partial charge in [0.25, 0.3) is 5.91 Å². The number of methoxy groups -OCH3 is 1. The van der Waals surface area contributed by atoms with E-state index in [0.717, 1.165) is 23.3 Å². The molecule has 0 aromatic heterocycles. The summed E-state index contributed by atoms with van der Waals surface area (Å²) in [7, 11) is 1.51. The zero-order valence-electron chi connectivity index (χ0n) is 18.9. The zero-order valence-corrected chi connectivity index (χ0v) is 18.9. The van der Waals surface area contributed by atoms with E-state index in [1.807, 2.05) is 67.6 Å². The number of carbonyl (C=O) groups excluding carboxylic acids is 1. The Morgan fingerprint density at radius 1 is 0.939 bits per heavy atom. The van der Waals surface area contributed by atoms with E-state index in [1.165, 1.54) is 7.11 Å². The monoisotopic (exact) mass is 447 g/mol. The van der Waals surface area contributed by atoms with Crippen LogP contribution in [0.1, 0.15) is 41.3 Å². The Hall–Kier alpha value is -3.80. The van der Waals surface area contributed by atoms with Gasteiger partial charge in [0.2, 0.25) is 0 Å². The molecule has 0 fully saturated rings. The van der Waals surface area contributed by atoms with E-state index >= 15 is 0 Å². The highest BCUT2D eigenvalue weighted by atomic mass is 16.5. The molecule has 6 heteroatoms. The molecule has 172 valence electrons. The van der Waals surface area contributed by atoms with Crippen LogP contribution >= 0.6 is 0 Å². The molecule has 0 heterocycles. The molecule has 0 saturated carbocycles. The van der Waals surface area contributed by atoms with Gasteiger partial charge in [-0.05, 0) is 60.4 Å². The number of aliphatic carboxylic acids is 1. The predicted octanol–water partition coefficient (Wildman–Crippen LogP) is 5.46. The second-order valence-corrected chi connectivity index (χ2v) is 7.80. The molecule has 3 rings (SSSR count). The molecule has 0 aliphatic heterocycles. The highest BCUT2D eigenvalue weighted by Gasteiger charge is 2.19. The minimum Gasteiger partial charge on any atom is -0.496 e. The summed E-state index contributed by atoms with van der Waals surface area (Å²) in [6.07, 6.45) is 1.75. The van der Waals surface area contributed by atoms with E-state index in [1.54, 1.807) is 12.1 Å². The number of para-hydroxylation sites is 1. The third-order valence-electron chi connectivity index (χ3n) is 5.33. The van der Waals surface area contributed by atoms with Crippen LogP contribution in [-0.4, -0.2) is 24.1 Å². The summed E-state index contributed by atoms with van der Waals surface area (Å²) in [5, 5.41) is 12.4. The molecule has 2 N–H and O–H groups in total. The van der Waals surface area contributed by atoms with E-state index in [4.69, 9.17) is 9.47 Å². The van der Waals surface area contributed by atoms with Gasteiger partial charge in [0.1, 0.15) is 17.2 Å². The van der Waals surface area contributed by atoms with Crippen molar-refractivity contribution in [1.82, 2.24) is 5.32 Å². The second-order valence-electron chi connectivity index (χ2n) is 7.80. The molecule has 1 atom stereocenters. The van der Waals surface area contributed by atoms with Crippen molar-refractivity contribution in [2.75, 3.05) is 7.11 Å². The first-order chi connectivity index (χ1) is 16.0. The Morgan fingerprint density at radius 3 is 2.24 bits per heavy atom. The van der Waals surface area contributed by atoms with Gasteiger partial charge in [0, 0.05) is 6.54 Å². The van der Waals surface area contributed by atoms with E-state index < -0.39 is 11.9 Å². The normalized spacial score (nSPS) is 11.5. The Labute approximate surface area is 194 Å². The third kappa shape index (κ3) is 6.84. The van der Waals surface area contributed by atoms with Crippen molar-refractivity contribution in [3.63, 3.8) is 0 Å². The van der Waals surface area contributed by atoms with Gasteiger partial charge in [-0.15, -0.1) is 0 Å². The van der Waals surface area contributed by atoms with Crippen LogP contribution in [0.3, 0.4) is 0 Å². The first kappa shape index (κ1) is 23.9. The van der Waals surface area contributed by atoms with Crippen molar-refractivity contribution in [1.29, 1.82) is 0 Å². The lowest BCUT2D eigenvalue weighted by Gasteiger charge is -2.14. The molecule has 6 nitrogen and oxygen atoms in total. The fraction of sp³-hybridized carbons (Fsp3) is 0.259. The Balaban J connectivity index is 1.64. The number of benzene rings is 3. The minimum absolute atomic E-state index is 0.277. The fourth-order valence-electron chi connectivity index (χ4n) is 3.58. The van der Waals surface area contributed by atoms with Crippen molar-refractivity contribution in [2.24, 2.45) is 5.92 Å². The highest BCUT2D eigenvalue weighted by molar-refractivity contribution is 5.97. The molecule has 0 radical (unpaired) electrons. The quantitative estimate of drug-likeness (QED) is 0.408. The number of carboxylic acid groups (broad SMARTS) is 1. The number of nitrogens with one attached hydrogen (secondary N) is 1. The van der Waals surface area contributed by atoms with Gasteiger partial charge in [-0.2, -0.15) is 0 Å². The van der Waals surface area contributed by atoms with Crippen LogP contribution in [0.2, 0.25) is 0 Å². The zero-order chi connectivity index (χ0) is 23.6. The van der Waals surface area contributed by atoms with Gasteiger partial charge < -0.3 is 19.9 Å². The van der Waals surface area contributed by atoms with Crippen LogP contribution < -0.4 is 14.8 Å². The highest BCUT2D eigenvalue weighted by Crippen LogP contribution is 2.24. The molecule has 1 unspecified atom stereocenters. The molecule has 0 spiro atoms. The van der Waals surface area contributed by atoms with Crippen molar-refractivity contribution in [3.05, 3.63) is 89.5 Å². The van der Waals surface area contributed by atoms with Gasteiger partial charge in [0.15, 0.2) is 0 Å². The van der Waals surface area contributed by atoms with Gasteiger partial charge in [-0.3, -0.25) is 9.59 Å². The van der Waals surface area contributed by atoms with Crippen LogP contribution in [0.25, 0.3) is 0 Å². The molecule has 33 heavy (non-hydrogen) atoms.